The number of aliphatic hydroxyl groups is 2. The highest BCUT2D eigenvalue weighted by atomic mass is 127. The van der Waals surface area contributed by atoms with Crippen LogP contribution in [-0.4, -0.2) is 56.9 Å². The number of rotatable bonds is 3. The van der Waals surface area contributed by atoms with Crippen LogP contribution in [0.5, 0.6) is 0 Å². The molecule has 112 valence electrons. The zero-order chi connectivity index (χ0) is 14.4. The first-order valence-corrected chi connectivity index (χ1v) is 7.53. The number of hydrogen-bond acceptors (Lipinski definition) is 6. The quantitative estimate of drug-likeness (QED) is 0.550. The maximum atomic E-state index is 10.3. The molecule has 5 unspecified atom stereocenters. The molecule has 0 aromatic carbocycles. The first-order valence-electron chi connectivity index (χ1n) is 6.29. The van der Waals surface area contributed by atoms with Crippen LogP contribution in [0.15, 0.2) is 0 Å². The van der Waals surface area contributed by atoms with Crippen molar-refractivity contribution in [2.24, 2.45) is 0 Å². The van der Waals surface area contributed by atoms with Crippen LogP contribution >= 0.6 is 22.6 Å². The highest BCUT2D eigenvalue weighted by Gasteiger charge is 2.49. The Labute approximate surface area is 126 Å². The van der Waals surface area contributed by atoms with Gasteiger partial charge >= 0.3 is 0 Å². The molecule has 0 aliphatic carbocycles. The van der Waals surface area contributed by atoms with Gasteiger partial charge in [-0.25, -0.2) is 0 Å². The molecule has 0 radical (unpaired) electrons. The summed E-state index contributed by atoms with van der Waals surface area (Å²) in [7, 11) is 0. The molecule has 2 heterocycles. The SMILES string of the molecule is CC1(C)OCC(C(I)C(O)C2OC(C)(C)OC2O)O1. The lowest BCUT2D eigenvalue weighted by Crippen LogP contribution is -2.46. The molecule has 0 spiro atoms. The van der Waals surface area contributed by atoms with Crippen LogP contribution in [0.1, 0.15) is 27.7 Å². The van der Waals surface area contributed by atoms with E-state index in [1.807, 2.05) is 13.8 Å². The maximum absolute atomic E-state index is 10.3. The summed E-state index contributed by atoms with van der Waals surface area (Å²) in [5.41, 5.74) is 0. The summed E-state index contributed by atoms with van der Waals surface area (Å²) in [6.07, 6.45) is -3.08. The average molecular weight is 388 g/mol. The smallest absolute Gasteiger partial charge is 0.187 e. The van der Waals surface area contributed by atoms with E-state index in [0.717, 1.165) is 0 Å². The average Bonchev–Trinajstić information content (AvgIpc) is 2.76. The number of alkyl halides is 1. The molecule has 19 heavy (non-hydrogen) atoms. The molecule has 2 saturated heterocycles. The van der Waals surface area contributed by atoms with E-state index < -0.39 is 30.1 Å². The normalized spacial score (nSPS) is 40.3. The second-order valence-corrected chi connectivity index (χ2v) is 7.23. The van der Waals surface area contributed by atoms with Gasteiger partial charge in [-0.15, -0.1) is 0 Å². The Kier molecular flexibility index (Phi) is 4.48. The zero-order valence-electron chi connectivity index (χ0n) is 11.5. The number of hydrogen-bond donors (Lipinski definition) is 2. The van der Waals surface area contributed by atoms with Gasteiger partial charge in [0.2, 0.25) is 0 Å². The van der Waals surface area contributed by atoms with Gasteiger partial charge in [-0.05, 0) is 27.7 Å². The second-order valence-electron chi connectivity index (χ2n) is 5.79. The van der Waals surface area contributed by atoms with Crippen LogP contribution in [0, 0.1) is 0 Å². The molecule has 0 bridgehead atoms. The third kappa shape index (κ3) is 3.58. The lowest BCUT2D eigenvalue weighted by Gasteiger charge is -2.28. The van der Waals surface area contributed by atoms with Gasteiger partial charge in [-0.2, -0.15) is 0 Å². The van der Waals surface area contributed by atoms with Crippen molar-refractivity contribution in [3.8, 4) is 0 Å². The van der Waals surface area contributed by atoms with Crippen molar-refractivity contribution in [1.29, 1.82) is 0 Å². The minimum atomic E-state index is -1.14. The molecule has 2 aliphatic rings. The van der Waals surface area contributed by atoms with Crippen LogP contribution < -0.4 is 0 Å². The summed E-state index contributed by atoms with van der Waals surface area (Å²) in [6, 6.07) is 0. The van der Waals surface area contributed by atoms with Crippen molar-refractivity contribution in [1.82, 2.24) is 0 Å². The number of ether oxygens (including phenoxy) is 4. The Hall–Kier alpha value is 0.490. The fourth-order valence-electron chi connectivity index (χ4n) is 2.28. The number of aliphatic hydroxyl groups excluding tert-OH is 2. The molecule has 2 N–H and O–H groups in total. The monoisotopic (exact) mass is 388 g/mol. The predicted molar refractivity (Wildman–Crippen MR) is 74.8 cm³/mol. The van der Waals surface area contributed by atoms with Gasteiger partial charge in [-0.1, -0.05) is 22.6 Å². The molecule has 5 atom stereocenters. The summed E-state index contributed by atoms with van der Waals surface area (Å²) < 4.78 is 21.7. The summed E-state index contributed by atoms with van der Waals surface area (Å²) in [6.45, 7) is 7.46. The van der Waals surface area contributed by atoms with Gasteiger partial charge in [0.25, 0.3) is 0 Å². The fraction of sp³-hybridized carbons (Fsp3) is 1.00. The summed E-state index contributed by atoms with van der Waals surface area (Å²) >= 11 is 2.10. The minimum Gasteiger partial charge on any atom is -0.389 e. The van der Waals surface area contributed by atoms with E-state index in [1.54, 1.807) is 13.8 Å². The van der Waals surface area contributed by atoms with Gasteiger partial charge < -0.3 is 29.2 Å². The van der Waals surface area contributed by atoms with Crippen LogP contribution in [0.2, 0.25) is 0 Å². The molecule has 2 aliphatic heterocycles. The lowest BCUT2D eigenvalue weighted by atomic mass is 10.1. The standard InChI is InChI=1S/C12H21IO6/c1-11(2)16-5-6(17-11)7(13)8(14)9-10(15)19-12(3,4)18-9/h6-10,14-15H,5H2,1-4H3. The van der Waals surface area contributed by atoms with E-state index in [1.165, 1.54) is 0 Å². The minimum absolute atomic E-state index is 0.245. The van der Waals surface area contributed by atoms with Crippen LogP contribution in [0.3, 0.4) is 0 Å². The summed E-state index contributed by atoms with van der Waals surface area (Å²) in [5, 5.41) is 20.1. The van der Waals surface area contributed by atoms with Crippen molar-refractivity contribution in [3.05, 3.63) is 0 Å². The molecule has 6 nitrogen and oxygen atoms in total. The number of halogens is 1. The van der Waals surface area contributed by atoms with Crippen molar-refractivity contribution < 1.29 is 29.2 Å². The molecule has 0 saturated carbocycles. The highest BCUT2D eigenvalue weighted by Crippen LogP contribution is 2.34. The largest absolute Gasteiger partial charge is 0.389 e. The fourth-order valence-corrected chi connectivity index (χ4v) is 3.05. The third-order valence-corrected chi connectivity index (χ3v) is 4.69. The van der Waals surface area contributed by atoms with Gasteiger partial charge in [0, 0.05) is 0 Å². The van der Waals surface area contributed by atoms with Crippen molar-refractivity contribution >= 4 is 22.6 Å². The van der Waals surface area contributed by atoms with Gasteiger partial charge in [-0.3, -0.25) is 0 Å². The van der Waals surface area contributed by atoms with Gasteiger partial charge in [0.15, 0.2) is 17.9 Å². The Morgan fingerprint density at radius 2 is 1.74 bits per heavy atom. The molecule has 2 fully saturated rings. The van der Waals surface area contributed by atoms with Crippen LogP contribution in [0.4, 0.5) is 0 Å². The van der Waals surface area contributed by atoms with E-state index in [4.69, 9.17) is 18.9 Å². The summed E-state index contributed by atoms with van der Waals surface area (Å²) in [5.74, 6) is -1.54. The molecular formula is C12H21IO6. The first kappa shape index (κ1) is 15.9. The van der Waals surface area contributed by atoms with Crippen molar-refractivity contribution in [2.45, 2.75) is 67.8 Å². The Balaban J connectivity index is 1.98. The van der Waals surface area contributed by atoms with E-state index >= 15 is 0 Å². The maximum Gasteiger partial charge on any atom is 0.187 e. The topological polar surface area (TPSA) is 77.4 Å². The molecule has 2 rings (SSSR count). The molecule has 7 heteroatoms. The Morgan fingerprint density at radius 1 is 1.11 bits per heavy atom. The van der Waals surface area contributed by atoms with Crippen LogP contribution in [0.25, 0.3) is 0 Å². The first-order chi connectivity index (χ1) is 8.61. The third-order valence-electron chi connectivity index (χ3n) is 3.15. The van der Waals surface area contributed by atoms with Gasteiger partial charge in [0.05, 0.1) is 22.7 Å². The summed E-state index contributed by atoms with van der Waals surface area (Å²) in [4.78, 5) is 0. The molecule has 0 aromatic rings. The van der Waals surface area contributed by atoms with E-state index in [0.29, 0.717) is 6.61 Å². The second kappa shape index (κ2) is 5.36. The highest BCUT2D eigenvalue weighted by molar-refractivity contribution is 14.1. The molecular weight excluding hydrogens is 367 g/mol. The molecule has 0 amide bonds. The molecule has 0 aromatic heterocycles. The van der Waals surface area contributed by atoms with E-state index in [9.17, 15) is 10.2 Å². The zero-order valence-corrected chi connectivity index (χ0v) is 13.7. The van der Waals surface area contributed by atoms with Crippen LogP contribution in [-0.2, 0) is 18.9 Å². The Bertz CT molecular complexity index is 334. The van der Waals surface area contributed by atoms with Gasteiger partial charge in [0.1, 0.15) is 6.10 Å². The van der Waals surface area contributed by atoms with Crippen molar-refractivity contribution in [2.75, 3.05) is 6.61 Å². The predicted octanol–water partition coefficient (Wildman–Crippen LogP) is 0.772. The van der Waals surface area contributed by atoms with E-state index in [-0.39, 0.29) is 10.0 Å². The van der Waals surface area contributed by atoms with E-state index in [2.05, 4.69) is 22.6 Å². The Morgan fingerprint density at radius 3 is 2.16 bits per heavy atom. The van der Waals surface area contributed by atoms with Crippen molar-refractivity contribution in [3.63, 3.8) is 0 Å². The lowest BCUT2D eigenvalue weighted by molar-refractivity contribution is -0.175.